The number of urea groups is 1. The first-order valence-electron chi connectivity index (χ1n) is 7.32. The van der Waals surface area contributed by atoms with Crippen LogP contribution in [0.1, 0.15) is 31.7 Å². The molecule has 5 heteroatoms. The fourth-order valence-electron chi connectivity index (χ4n) is 2.57. The highest BCUT2D eigenvalue weighted by Gasteiger charge is 2.29. The standard InChI is InChI=1S/C16H22N2O3/c1-11(15(19)20)12(2)17-16(21)18-9-8-14(10-18)13-6-4-3-5-7-13/h3-7,11-12,14H,8-10H2,1-2H3,(H,17,21)(H,19,20). The molecule has 1 aliphatic heterocycles. The van der Waals surface area contributed by atoms with E-state index in [2.05, 4.69) is 17.4 Å². The van der Waals surface area contributed by atoms with Crippen molar-refractivity contribution in [3.63, 3.8) is 0 Å². The third-order valence-electron chi connectivity index (χ3n) is 4.24. The molecule has 21 heavy (non-hydrogen) atoms. The number of hydrogen-bond donors (Lipinski definition) is 2. The van der Waals surface area contributed by atoms with Crippen molar-refractivity contribution >= 4 is 12.0 Å². The first kappa shape index (κ1) is 15.4. The number of hydrogen-bond acceptors (Lipinski definition) is 2. The highest BCUT2D eigenvalue weighted by atomic mass is 16.4. The van der Waals surface area contributed by atoms with Crippen LogP contribution in [0.5, 0.6) is 0 Å². The zero-order valence-electron chi connectivity index (χ0n) is 12.5. The molecule has 2 rings (SSSR count). The number of aliphatic carboxylic acids is 1. The van der Waals surface area contributed by atoms with Gasteiger partial charge in [-0.05, 0) is 25.8 Å². The van der Waals surface area contributed by atoms with Crippen LogP contribution < -0.4 is 5.32 Å². The van der Waals surface area contributed by atoms with Gasteiger partial charge >= 0.3 is 12.0 Å². The van der Waals surface area contributed by atoms with Gasteiger partial charge in [-0.3, -0.25) is 4.79 Å². The summed E-state index contributed by atoms with van der Waals surface area (Å²) >= 11 is 0. The molecule has 0 saturated carbocycles. The van der Waals surface area contributed by atoms with Crippen molar-refractivity contribution in [2.75, 3.05) is 13.1 Å². The van der Waals surface area contributed by atoms with Gasteiger partial charge in [-0.2, -0.15) is 0 Å². The van der Waals surface area contributed by atoms with E-state index in [9.17, 15) is 9.59 Å². The summed E-state index contributed by atoms with van der Waals surface area (Å²) in [6, 6.07) is 9.61. The maximum Gasteiger partial charge on any atom is 0.317 e. The van der Waals surface area contributed by atoms with Gasteiger partial charge in [-0.25, -0.2) is 4.79 Å². The third-order valence-corrected chi connectivity index (χ3v) is 4.24. The monoisotopic (exact) mass is 290 g/mol. The third kappa shape index (κ3) is 3.74. The number of carbonyl (C=O) groups excluding carboxylic acids is 1. The molecule has 1 aromatic rings. The Morgan fingerprint density at radius 3 is 2.57 bits per heavy atom. The number of carboxylic acids is 1. The maximum absolute atomic E-state index is 12.2. The summed E-state index contributed by atoms with van der Waals surface area (Å²) in [4.78, 5) is 24.9. The molecule has 0 spiro atoms. The van der Waals surface area contributed by atoms with Crippen molar-refractivity contribution in [1.29, 1.82) is 0 Å². The van der Waals surface area contributed by atoms with Crippen LogP contribution in [0, 0.1) is 5.92 Å². The van der Waals surface area contributed by atoms with Crippen LogP contribution in [-0.2, 0) is 4.79 Å². The minimum Gasteiger partial charge on any atom is -0.481 e. The molecule has 3 atom stereocenters. The topological polar surface area (TPSA) is 69.6 Å². The Morgan fingerprint density at radius 2 is 1.95 bits per heavy atom. The van der Waals surface area contributed by atoms with Crippen LogP contribution in [0.25, 0.3) is 0 Å². The summed E-state index contributed by atoms with van der Waals surface area (Å²) in [5, 5.41) is 11.7. The Hall–Kier alpha value is -2.04. The van der Waals surface area contributed by atoms with Crippen molar-refractivity contribution in [2.24, 2.45) is 5.92 Å². The second-order valence-electron chi connectivity index (χ2n) is 5.71. The SMILES string of the molecule is CC(NC(=O)N1CCC(c2ccccc2)C1)C(C)C(=O)O. The summed E-state index contributed by atoms with van der Waals surface area (Å²) in [6.07, 6.45) is 0.945. The van der Waals surface area contributed by atoms with E-state index in [1.807, 2.05) is 18.2 Å². The van der Waals surface area contributed by atoms with E-state index in [-0.39, 0.29) is 12.1 Å². The van der Waals surface area contributed by atoms with Crippen LogP contribution in [-0.4, -0.2) is 41.1 Å². The molecule has 5 nitrogen and oxygen atoms in total. The molecule has 2 amide bonds. The number of benzene rings is 1. The molecule has 1 aromatic carbocycles. The van der Waals surface area contributed by atoms with Crippen molar-refractivity contribution < 1.29 is 14.7 Å². The van der Waals surface area contributed by atoms with Gasteiger partial charge in [0.1, 0.15) is 0 Å². The highest BCUT2D eigenvalue weighted by Crippen LogP contribution is 2.26. The second-order valence-corrected chi connectivity index (χ2v) is 5.71. The zero-order chi connectivity index (χ0) is 15.4. The number of rotatable bonds is 4. The van der Waals surface area contributed by atoms with E-state index in [1.165, 1.54) is 5.56 Å². The van der Waals surface area contributed by atoms with Gasteiger partial charge < -0.3 is 15.3 Å². The van der Waals surface area contributed by atoms with E-state index in [0.29, 0.717) is 19.0 Å². The van der Waals surface area contributed by atoms with Crippen LogP contribution >= 0.6 is 0 Å². The lowest BCUT2D eigenvalue weighted by molar-refractivity contribution is -0.141. The summed E-state index contributed by atoms with van der Waals surface area (Å²) in [5.41, 5.74) is 1.25. The molecular weight excluding hydrogens is 268 g/mol. The van der Waals surface area contributed by atoms with E-state index in [1.54, 1.807) is 18.7 Å². The molecule has 0 radical (unpaired) electrons. The number of amides is 2. The molecular formula is C16H22N2O3. The second kappa shape index (κ2) is 6.61. The minimum atomic E-state index is -0.897. The Morgan fingerprint density at radius 1 is 1.29 bits per heavy atom. The predicted molar refractivity (Wildman–Crippen MR) is 80.2 cm³/mol. The fourth-order valence-corrected chi connectivity index (χ4v) is 2.57. The van der Waals surface area contributed by atoms with Gasteiger partial charge in [0.15, 0.2) is 0 Å². The maximum atomic E-state index is 12.2. The Labute approximate surface area is 125 Å². The Balaban J connectivity index is 1.89. The van der Waals surface area contributed by atoms with Gasteiger partial charge in [0.25, 0.3) is 0 Å². The van der Waals surface area contributed by atoms with Gasteiger partial charge in [0.2, 0.25) is 0 Å². The van der Waals surface area contributed by atoms with Crippen molar-refractivity contribution in [3.8, 4) is 0 Å². The molecule has 1 fully saturated rings. The highest BCUT2D eigenvalue weighted by molar-refractivity contribution is 5.77. The lowest BCUT2D eigenvalue weighted by Crippen LogP contribution is -2.46. The quantitative estimate of drug-likeness (QED) is 0.894. The lowest BCUT2D eigenvalue weighted by atomic mass is 9.99. The van der Waals surface area contributed by atoms with E-state index in [4.69, 9.17) is 5.11 Å². The number of carboxylic acid groups (broad SMARTS) is 1. The predicted octanol–water partition coefficient (Wildman–Crippen LogP) is 2.29. The van der Waals surface area contributed by atoms with Crippen LogP contribution in [0.2, 0.25) is 0 Å². The largest absolute Gasteiger partial charge is 0.481 e. The Bertz CT molecular complexity index is 504. The average molecular weight is 290 g/mol. The number of nitrogens with one attached hydrogen (secondary N) is 1. The molecule has 0 aliphatic carbocycles. The molecule has 1 saturated heterocycles. The van der Waals surface area contributed by atoms with Crippen molar-refractivity contribution in [3.05, 3.63) is 35.9 Å². The minimum absolute atomic E-state index is 0.172. The summed E-state index contributed by atoms with van der Waals surface area (Å²) < 4.78 is 0. The van der Waals surface area contributed by atoms with Crippen LogP contribution in [0.15, 0.2) is 30.3 Å². The molecule has 1 aliphatic rings. The molecule has 0 aromatic heterocycles. The molecule has 114 valence electrons. The normalized spacial score (nSPS) is 20.9. The first-order chi connectivity index (χ1) is 9.99. The van der Waals surface area contributed by atoms with E-state index in [0.717, 1.165) is 6.42 Å². The summed E-state index contributed by atoms with van der Waals surface area (Å²) in [7, 11) is 0. The van der Waals surface area contributed by atoms with Crippen molar-refractivity contribution in [1.82, 2.24) is 10.2 Å². The first-order valence-corrected chi connectivity index (χ1v) is 7.32. The van der Waals surface area contributed by atoms with Crippen LogP contribution in [0.3, 0.4) is 0 Å². The van der Waals surface area contributed by atoms with Gasteiger partial charge in [0, 0.05) is 25.0 Å². The lowest BCUT2D eigenvalue weighted by Gasteiger charge is -2.23. The average Bonchev–Trinajstić information content (AvgIpc) is 2.97. The number of nitrogens with zero attached hydrogens (tertiary/aromatic N) is 1. The number of likely N-dealkylation sites (tertiary alicyclic amines) is 1. The summed E-state index contributed by atoms with van der Waals surface area (Å²) in [5.74, 6) is -1.13. The van der Waals surface area contributed by atoms with E-state index < -0.39 is 11.9 Å². The summed E-state index contributed by atoms with van der Waals surface area (Å²) in [6.45, 7) is 4.72. The molecule has 3 unspecified atom stereocenters. The van der Waals surface area contributed by atoms with Gasteiger partial charge in [0.05, 0.1) is 5.92 Å². The number of carbonyl (C=O) groups is 2. The smallest absolute Gasteiger partial charge is 0.317 e. The molecule has 0 bridgehead atoms. The van der Waals surface area contributed by atoms with Gasteiger partial charge in [-0.1, -0.05) is 30.3 Å². The van der Waals surface area contributed by atoms with Crippen molar-refractivity contribution in [2.45, 2.75) is 32.2 Å². The Kier molecular flexibility index (Phi) is 4.83. The van der Waals surface area contributed by atoms with Crippen LogP contribution in [0.4, 0.5) is 4.79 Å². The fraction of sp³-hybridized carbons (Fsp3) is 0.500. The zero-order valence-corrected chi connectivity index (χ0v) is 12.5. The van der Waals surface area contributed by atoms with Gasteiger partial charge in [-0.15, -0.1) is 0 Å². The van der Waals surface area contributed by atoms with E-state index >= 15 is 0 Å². The molecule has 2 N–H and O–H groups in total. The molecule has 1 heterocycles.